The zero-order chi connectivity index (χ0) is 13.9. The summed E-state index contributed by atoms with van der Waals surface area (Å²) in [6.45, 7) is 4.77. The van der Waals surface area contributed by atoms with Gasteiger partial charge in [-0.3, -0.25) is 4.79 Å². The van der Waals surface area contributed by atoms with E-state index in [9.17, 15) is 4.79 Å². The van der Waals surface area contributed by atoms with Crippen LogP contribution in [0.15, 0.2) is 30.3 Å². The molecule has 1 fully saturated rings. The molecule has 2 unspecified atom stereocenters. The van der Waals surface area contributed by atoms with Gasteiger partial charge in [-0.2, -0.15) is 0 Å². The Balaban J connectivity index is 1.94. The second-order valence-corrected chi connectivity index (χ2v) is 5.69. The minimum atomic E-state index is -0.604. The van der Waals surface area contributed by atoms with Crippen LogP contribution < -0.4 is 11.1 Å². The molecule has 0 bridgehead atoms. The van der Waals surface area contributed by atoms with E-state index in [-0.39, 0.29) is 17.6 Å². The molecule has 1 aromatic rings. The number of carbonyl (C=O) groups is 1. The summed E-state index contributed by atoms with van der Waals surface area (Å²) in [6.07, 6.45) is 1.66. The summed E-state index contributed by atoms with van der Waals surface area (Å²) in [5.74, 6) is -0.117. The summed E-state index contributed by atoms with van der Waals surface area (Å²) in [4.78, 5) is 12.1. The molecule has 0 spiro atoms. The molecule has 2 rings (SSSR count). The highest BCUT2D eigenvalue weighted by Crippen LogP contribution is 2.24. The van der Waals surface area contributed by atoms with Crippen molar-refractivity contribution in [3.8, 4) is 0 Å². The third kappa shape index (κ3) is 3.78. The van der Waals surface area contributed by atoms with Crippen molar-refractivity contribution in [3.63, 3.8) is 0 Å². The molecule has 104 valence electrons. The van der Waals surface area contributed by atoms with Crippen LogP contribution in [0.1, 0.15) is 38.3 Å². The van der Waals surface area contributed by atoms with Crippen molar-refractivity contribution in [2.24, 2.45) is 5.73 Å². The molecule has 0 saturated carbocycles. The van der Waals surface area contributed by atoms with Crippen LogP contribution in [0.5, 0.6) is 0 Å². The lowest BCUT2D eigenvalue weighted by Gasteiger charge is -2.36. The van der Waals surface area contributed by atoms with Crippen LogP contribution in [-0.2, 0) is 9.53 Å². The van der Waals surface area contributed by atoms with Crippen LogP contribution in [0.2, 0.25) is 0 Å². The first kappa shape index (κ1) is 14.0. The van der Waals surface area contributed by atoms with Gasteiger partial charge < -0.3 is 15.8 Å². The lowest BCUT2D eigenvalue weighted by Crippen LogP contribution is -2.48. The summed E-state index contributed by atoms with van der Waals surface area (Å²) >= 11 is 0. The molecule has 1 heterocycles. The summed E-state index contributed by atoms with van der Waals surface area (Å²) < 4.78 is 5.64. The van der Waals surface area contributed by atoms with Crippen LogP contribution in [0.3, 0.4) is 0 Å². The summed E-state index contributed by atoms with van der Waals surface area (Å²) in [7, 11) is 0. The molecule has 4 nitrogen and oxygen atoms in total. The van der Waals surface area contributed by atoms with Crippen LogP contribution in [0.4, 0.5) is 0 Å². The van der Waals surface area contributed by atoms with E-state index in [4.69, 9.17) is 10.5 Å². The highest BCUT2D eigenvalue weighted by molar-refractivity contribution is 5.83. The smallest absolute Gasteiger partial charge is 0.241 e. The fourth-order valence-corrected chi connectivity index (χ4v) is 2.46. The molecule has 1 aliphatic heterocycles. The Hall–Kier alpha value is -1.39. The van der Waals surface area contributed by atoms with Gasteiger partial charge in [0.25, 0.3) is 0 Å². The number of amides is 1. The summed E-state index contributed by atoms with van der Waals surface area (Å²) in [5, 5.41) is 3.03. The van der Waals surface area contributed by atoms with Crippen LogP contribution >= 0.6 is 0 Å². The molecule has 19 heavy (non-hydrogen) atoms. The topological polar surface area (TPSA) is 64.4 Å². The number of hydrogen-bond donors (Lipinski definition) is 2. The maximum Gasteiger partial charge on any atom is 0.241 e. The zero-order valence-corrected chi connectivity index (χ0v) is 11.6. The van der Waals surface area contributed by atoms with Crippen molar-refractivity contribution in [3.05, 3.63) is 35.9 Å². The van der Waals surface area contributed by atoms with Gasteiger partial charge >= 0.3 is 0 Å². The number of nitrogens with one attached hydrogen (secondary N) is 1. The molecule has 3 N–H and O–H groups in total. The van der Waals surface area contributed by atoms with E-state index in [0.29, 0.717) is 6.61 Å². The molecule has 0 radical (unpaired) electrons. The molecular formula is C15H22N2O2. The number of ether oxygens (including phenoxy) is 1. The van der Waals surface area contributed by atoms with E-state index in [0.717, 1.165) is 18.4 Å². The predicted octanol–water partition coefficient (Wildman–Crippen LogP) is 1.76. The van der Waals surface area contributed by atoms with E-state index in [2.05, 4.69) is 5.32 Å². The Morgan fingerprint density at radius 3 is 2.74 bits per heavy atom. The van der Waals surface area contributed by atoms with E-state index in [1.807, 2.05) is 44.2 Å². The Kier molecular flexibility index (Phi) is 4.22. The largest absolute Gasteiger partial charge is 0.375 e. The van der Waals surface area contributed by atoms with Gasteiger partial charge in [0.2, 0.25) is 5.91 Å². The van der Waals surface area contributed by atoms with Crippen LogP contribution in [0.25, 0.3) is 0 Å². The van der Waals surface area contributed by atoms with Gasteiger partial charge in [0, 0.05) is 12.6 Å². The fraction of sp³-hybridized carbons (Fsp3) is 0.533. The van der Waals surface area contributed by atoms with Gasteiger partial charge in [-0.15, -0.1) is 0 Å². The van der Waals surface area contributed by atoms with E-state index < -0.39 is 6.04 Å². The van der Waals surface area contributed by atoms with E-state index in [1.54, 1.807) is 0 Å². The first-order valence-corrected chi connectivity index (χ1v) is 6.73. The third-order valence-electron chi connectivity index (χ3n) is 3.48. The molecule has 1 aliphatic rings. The number of nitrogens with two attached hydrogens (primary N) is 1. The molecule has 2 atom stereocenters. The highest BCUT2D eigenvalue weighted by atomic mass is 16.5. The molecule has 1 amide bonds. The second kappa shape index (κ2) is 5.72. The van der Waals surface area contributed by atoms with Crippen LogP contribution in [-0.4, -0.2) is 24.2 Å². The molecule has 1 aromatic carbocycles. The van der Waals surface area contributed by atoms with Crippen molar-refractivity contribution in [1.29, 1.82) is 0 Å². The van der Waals surface area contributed by atoms with Gasteiger partial charge in [-0.1, -0.05) is 30.3 Å². The lowest BCUT2D eigenvalue weighted by atomic mass is 9.93. The SMILES string of the molecule is CC1(C)CC(NC(=O)C(N)c2ccccc2)CCO1. The first-order chi connectivity index (χ1) is 8.98. The van der Waals surface area contributed by atoms with E-state index in [1.165, 1.54) is 0 Å². The van der Waals surface area contributed by atoms with Crippen molar-refractivity contribution >= 4 is 5.91 Å². The van der Waals surface area contributed by atoms with Crippen molar-refractivity contribution in [1.82, 2.24) is 5.32 Å². The Morgan fingerprint density at radius 2 is 2.11 bits per heavy atom. The van der Waals surface area contributed by atoms with Gasteiger partial charge in [0.15, 0.2) is 0 Å². The second-order valence-electron chi connectivity index (χ2n) is 5.69. The Morgan fingerprint density at radius 1 is 1.42 bits per heavy atom. The van der Waals surface area contributed by atoms with E-state index >= 15 is 0 Å². The normalized spacial score (nSPS) is 23.6. The number of benzene rings is 1. The fourth-order valence-electron chi connectivity index (χ4n) is 2.46. The number of carbonyl (C=O) groups excluding carboxylic acids is 1. The van der Waals surface area contributed by atoms with Gasteiger partial charge in [-0.25, -0.2) is 0 Å². The molecular weight excluding hydrogens is 240 g/mol. The van der Waals surface area contributed by atoms with Crippen molar-refractivity contribution in [2.75, 3.05) is 6.61 Å². The highest BCUT2D eigenvalue weighted by Gasteiger charge is 2.30. The Bertz CT molecular complexity index is 431. The maximum atomic E-state index is 12.1. The average Bonchev–Trinajstić information content (AvgIpc) is 2.37. The lowest BCUT2D eigenvalue weighted by molar-refractivity contribution is -0.125. The van der Waals surface area contributed by atoms with Gasteiger partial charge in [0.05, 0.1) is 5.60 Å². The Labute approximate surface area is 114 Å². The average molecular weight is 262 g/mol. The minimum Gasteiger partial charge on any atom is -0.375 e. The predicted molar refractivity (Wildman–Crippen MR) is 74.6 cm³/mol. The van der Waals surface area contributed by atoms with Crippen molar-refractivity contribution < 1.29 is 9.53 Å². The molecule has 1 saturated heterocycles. The number of rotatable bonds is 3. The monoisotopic (exact) mass is 262 g/mol. The summed E-state index contributed by atoms with van der Waals surface area (Å²) in [6, 6.07) is 8.98. The standard InChI is InChI=1S/C15H22N2O2/c1-15(2)10-12(8-9-19-15)17-14(18)13(16)11-6-4-3-5-7-11/h3-7,12-13H,8-10,16H2,1-2H3,(H,17,18). The maximum absolute atomic E-state index is 12.1. The first-order valence-electron chi connectivity index (χ1n) is 6.73. The number of hydrogen-bond acceptors (Lipinski definition) is 3. The summed E-state index contributed by atoms with van der Waals surface area (Å²) in [5.41, 5.74) is 6.65. The molecule has 4 heteroatoms. The molecule has 0 aliphatic carbocycles. The van der Waals surface area contributed by atoms with Gasteiger partial charge in [0.1, 0.15) is 6.04 Å². The molecule has 0 aromatic heterocycles. The van der Waals surface area contributed by atoms with Gasteiger partial charge in [-0.05, 0) is 32.3 Å². The van der Waals surface area contributed by atoms with Crippen molar-refractivity contribution in [2.45, 2.75) is 44.4 Å². The third-order valence-corrected chi connectivity index (χ3v) is 3.48. The quantitative estimate of drug-likeness (QED) is 0.872. The zero-order valence-electron chi connectivity index (χ0n) is 11.6. The minimum absolute atomic E-state index is 0.117. The van der Waals surface area contributed by atoms with Crippen LogP contribution in [0, 0.1) is 0 Å².